The molecule has 0 bridgehead atoms. The van der Waals surface area contributed by atoms with Crippen molar-refractivity contribution in [3.63, 3.8) is 0 Å². The van der Waals surface area contributed by atoms with Gasteiger partial charge >= 0.3 is 0 Å². The molecule has 1 aromatic carbocycles. The number of rotatable bonds is 5. The van der Waals surface area contributed by atoms with Crippen LogP contribution in [0.25, 0.3) is 11.3 Å². The number of aromatic nitrogens is 4. The van der Waals surface area contributed by atoms with Gasteiger partial charge in [-0.1, -0.05) is 23.7 Å². The van der Waals surface area contributed by atoms with E-state index in [-0.39, 0.29) is 5.91 Å². The normalized spacial score (nSPS) is 12.5. The number of nitrogens with one attached hydrogen (secondary N) is 1. The van der Waals surface area contributed by atoms with E-state index in [1.807, 2.05) is 55.2 Å². The highest BCUT2D eigenvalue weighted by atomic mass is 35.5. The Labute approximate surface area is 184 Å². The number of furan rings is 1. The third-order valence-electron chi connectivity index (χ3n) is 5.58. The quantitative estimate of drug-likeness (QED) is 0.515. The Morgan fingerprint density at radius 2 is 2.00 bits per heavy atom. The molecule has 3 heterocycles. The number of amides is 1. The standard InChI is InChI=1S/C23H22ClN5O2/c1-14-20-19(31-22(14)23(30)25-11-18-9-10-28(2)26-18)8-5-16-13-29(27-21(16)20)12-15-3-6-17(24)7-4-15/h3-4,6-7,9-10,13H,5,8,11-12H2,1-2H3,(H,25,30). The van der Waals surface area contributed by atoms with E-state index >= 15 is 0 Å². The number of hydrogen-bond donors (Lipinski definition) is 1. The number of carbonyl (C=O) groups excluding carboxylic acids is 1. The summed E-state index contributed by atoms with van der Waals surface area (Å²) in [6, 6.07) is 9.64. The first kappa shape index (κ1) is 19.6. The number of halogens is 1. The average Bonchev–Trinajstić information content (AvgIpc) is 3.44. The van der Waals surface area contributed by atoms with Crippen molar-refractivity contribution in [2.45, 2.75) is 32.9 Å². The molecule has 0 saturated carbocycles. The van der Waals surface area contributed by atoms with Crippen LogP contribution in [0, 0.1) is 6.92 Å². The Morgan fingerprint density at radius 3 is 2.74 bits per heavy atom. The second-order valence-corrected chi connectivity index (χ2v) is 8.28. The minimum atomic E-state index is -0.236. The molecule has 0 radical (unpaired) electrons. The minimum Gasteiger partial charge on any atom is -0.455 e. The number of fused-ring (bicyclic) bond motifs is 3. The maximum Gasteiger partial charge on any atom is 0.287 e. The molecular weight excluding hydrogens is 414 g/mol. The van der Waals surface area contributed by atoms with Crippen LogP contribution < -0.4 is 5.32 Å². The summed E-state index contributed by atoms with van der Waals surface area (Å²) in [5.41, 5.74) is 5.77. The number of benzene rings is 1. The van der Waals surface area contributed by atoms with Crippen molar-refractivity contribution in [2.75, 3.05) is 0 Å². The fourth-order valence-corrected chi connectivity index (χ4v) is 4.17. The van der Waals surface area contributed by atoms with Crippen LogP contribution in [-0.2, 0) is 33.0 Å². The van der Waals surface area contributed by atoms with Gasteiger partial charge in [-0.15, -0.1) is 0 Å². The van der Waals surface area contributed by atoms with Crippen LogP contribution >= 0.6 is 11.6 Å². The van der Waals surface area contributed by atoms with Crippen LogP contribution in [0.5, 0.6) is 0 Å². The van der Waals surface area contributed by atoms with Crippen molar-refractivity contribution in [1.29, 1.82) is 0 Å². The fourth-order valence-electron chi connectivity index (χ4n) is 4.05. The highest BCUT2D eigenvalue weighted by Gasteiger charge is 2.29. The van der Waals surface area contributed by atoms with E-state index in [0.29, 0.717) is 18.8 Å². The molecule has 158 valence electrons. The lowest BCUT2D eigenvalue weighted by Gasteiger charge is -2.09. The third-order valence-corrected chi connectivity index (χ3v) is 5.83. The second kappa shape index (κ2) is 7.74. The molecule has 31 heavy (non-hydrogen) atoms. The molecule has 0 atom stereocenters. The zero-order chi connectivity index (χ0) is 21.5. The summed E-state index contributed by atoms with van der Waals surface area (Å²) in [6.07, 6.45) is 5.52. The lowest BCUT2D eigenvalue weighted by Crippen LogP contribution is -2.23. The van der Waals surface area contributed by atoms with E-state index in [1.165, 1.54) is 5.56 Å². The molecule has 5 rings (SSSR count). The largest absolute Gasteiger partial charge is 0.455 e. The van der Waals surface area contributed by atoms with Gasteiger partial charge in [0.15, 0.2) is 5.76 Å². The second-order valence-electron chi connectivity index (χ2n) is 7.84. The first-order valence-electron chi connectivity index (χ1n) is 10.2. The summed E-state index contributed by atoms with van der Waals surface area (Å²) in [5, 5.41) is 12.7. The summed E-state index contributed by atoms with van der Waals surface area (Å²) >= 11 is 5.99. The van der Waals surface area contributed by atoms with Gasteiger partial charge in [-0.3, -0.25) is 14.2 Å². The number of hydrogen-bond acceptors (Lipinski definition) is 4. The van der Waals surface area contributed by atoms with Crippen LogP contribution in [0.3, 0.4) is 0 Å². The van der Waals surface area contributed by atoms with Crippen LogP contribution in [0.15, 0.2) is 47.1 Å². The van der Waals surface area contributed by atoms with Gasteiger partial charge in [0.05, 0.1) is 24.5 Å². The Morgan fingerprint density at radius 1 is 1.19 bits per heavy atom. The van der Waals surface area contributed by atoms with Gasteiger partial charge in [-0.25, -0.2) is 0 Å². The summed E-state index contributed by atoms with van der Waals surface area (Å²) in [5.74, 6) is 0.936. The average molecular weight is 436 g/mol. The van der Waals surface area contributed by atoms with Crippen LogP contribution in [0.4, 0.5) is 0 Å². The monoisotopic (exact) mass is 435 g/mol. The Kier molecular flexibility index (Phi) is 4.90. The summed E-state index contributed by atoms with van der Waals surface area (Å²) in [4.78, 5) is 12.8. The van der Waals surface area contributed by atoms with E-state index in [1.54, 1.807) is 4.68 Å². The first-order chi connectivity index (χ1) is 15.0. The van der Waals surface area contributed by atoms with E-state index < -0.39 is 0 Å². The smallest absolute Gasteiger partial charge is 0.287 e. The van der Waals surface area contributed by atoms with Gasteiger partial charge in [0.2, 0.25) is 0 Å². The summed E-state index contributed by atoms with van der Waals surface area (Å²) in [7, 11) is 1.85. The maximum absolute atomic E-state index is 12.8. The molecule has 8 heteroatoms. The molecule has 3 aromatic heterocycles. The summed E-state index contributed by atoms with van der Waals surface area (Å²) < 4.78 is 9.64. The van der Waals surface area contributed by atoms with Crippen molar-refractivity contribution >= 4 is 17.5 Å². The molecule has 4 aromatic rings. The zero-order valence-electron chi connectivity index (χ0n) is 17.4. The lowest BCUT2D eigenvalue weighted by atomic mass is 9.93. The molecule has 0 spiro atoms. The Bertz CT molecular complexity index is 1270. The van der Waals surface area contributed by atoms with Crippen molar-refractivity contribution in [1.82, 2.24) is 24.9 Å². The van der Waals surface area contributed by atoms with Gasteiger partial charge in [0.25, 0.3) is 5.91 Å². The molecule has 0 aliphatic heterocycles. The zero-order valence-corrected chi connectivity index (χ0v) is 18.1. The Balaban J connectivity index is 1.39. The molecule has 1 aliphatic rings. The van der Waals surface area contributed by atoms with Gasteiger partial charge in [-0.2, -0.15) is 10.2 Å². The van der Waals surface area contributed by atoms with Gasteiger partial charge in [-0.05, 0) is 42.7 Å². The topological polar surface area (TPSA) is 77.9 Å². The number of nitrogens with zero attached hydrogens (tertiary/aromatic N) is 4. The SMILES string of the molecule is Cc1c(C(=O)NCc2ccn(C)n2)oc2c1-c1nn(Cc3ccc(Cl)cc3)cc1CC2. The lowest BCUT2D eigenvalue weighted by molar-refractivity contribution is 0.0920. The van der Waals surface area contributed by atoms with Crippen LogP contribution in [0.2, 0.25) is 5.02 Å². The molecule has 1 aliphatic carbocycles. The minimum absolute atomic E-state index is 0.236. The first-order valence-corrected chi connectivity index (χ1v) is 10.6. The van der Waals surface area contributed by atoms with E-state index in [4.69, 9.17) is 21.1 Å². The molecule has 0 saturated heterocycles. The molecular formula is C23H22ClN5O2. The summed E-state index contributed by atoms with van der Waals surface area (Å²) in [6.45, 7) is 2.94. The van der Waals surface area contributed by atoms with Crippen LogP contribution in [-0.4, -0.2) is 25.5 Å². The number of carbonyl (C=O) groups is 1. The van der Waals surface area contributed by atoms with E-state index in [2.05, 4.69) is 16.6 Å². The highest BCUT2D eigenvalue weighted by molar-refractivity contribution is 6.30. The van der Waals surface area contributed by atoms with E-state index in [0.717, 1.165) is 51.7 Å². The van der Waals surface area contributed by atoms with Gasteiger partial charge in [0, 0.05) is 42.0 Å². The molecule has 1 amide bonds. The molecule has 0 fully saturated rings. The molecule has 1 N–H and O–H groups in total. The predicted molar refractivity (Wildman–Crippen MR) is 117 cm³/mol. The van der Waals surface area contributed by atoms with Crippen molar-refractivity contribution in [3.05, 3.63) is 81.7 Å². The Hall–Kier alpha value is -3.32. The molecule has 7 nitrogen and oxygen atoms in total. The fraction of sp³-hybridized carbons (Fsp3) is 0.261. The van der Waals surface area contributed by atoms with Crippen molar-refractivity contribution in [3.8, 4) is 11.3 Å². The molecule has 0 unspecified atom stereocenters. The predicted octanol–water partition coefficient (Wildman–Crippen LogP) is 3.92. The highest BCUT2D eigenvalue weighted by Crippen LogP contribution is 2.38. The number of aryl methyl sites for hydroxylation is 3. The van der Waals surface area contributed by atoms with Gasteiger partial charge < -0.3 is 9.73 Å². The van der Waals surface area contributed by atoms with E-state index in [9.17, 15) is 4.79 Å². The third kappa shape index (κ3) is 3.77. The van der Waals surface area contributed by atoms with Crippen molar-refractivity contribution in [2.24, 2.45) is 7.05 Å². The van der Waals surface area contributed by atoms with Crippen molar-refractivity contribution < 1.29 is 9.21 Å². The van der Waals surface area contributed by atoms with Crippen LogP contribution in [0.1, 0.15) is 38.7 Å². The van der Waals surface area contributed by atoms with Gasteiger partial charge in [0.1, 0.15) is 5.76 Å². The maximum atomic E-state index is 12.8.